The average molecular weight is 408 g/mol. The average Bonchev–Trinajstić information content (AvgIpc) is 2.98. The third-order valence-electron chi connectivity index (χ3n) is 5.44. The fraction of sp³-hybridized carbons (Fsp3) is 0.500. The second kappa shape index (κ2) is 8.06. The monoisotopic (exact) mass is 408 g/mol. The van der Waals surface area contributed by atoms with E-state index in [1.807, 2.05) is 4.90 Å². The van der Waals surface area contributed by atoms with E-state index in [4.69, 9.17) is 4.74 Å². The van der Waals surface area contributed by atoms with Gasteiger partial charge in [-0.2, -0.15) is 13.2 Å². The van der Waals surface area contributed by atoms with Crippen LogP contribution >= 0.6 is 0 Å². The zero-order chi connectivity index (χ0) is 20.4. The second-order valence-corrected chi connectivity index (χ2v) is 7.24. The molecule has 2 aliphatic heterocycles. The number of carbonyl (C=O) groups is 1. The normalized spacial score (nSPS) is 18.8. The van der Waals surface area contributed by atoms with Gasteiger partial charge in [0.2, 0.25) is 0 Å². The highest BCUT2D eigenvalue weighted by Crippen LogP contribution is 2.36. The van der Waals surface area contributed by atoms with E-state index >= 15 is 0 Å². The van der Waals surface area contributed by atoms with Crippen LogP contribution in [-0.2, 0) is 10.9 Å². The van der Waals surface area contributed by atoms with Crippen LogP contribution in [0.15, 0.2) is 30.5 Å². The number of hydrogen-bond acceptors (Lipinski definition) is 4. The molecule has 2 amide bonds. The zero-order valence-electron chi connectivity index (χ0n) is 16.0. The number of morpholine rings is 1. The van der Waals surface area contributed by atoms with Gasteiger partial charge in [-0.3, -0.25) is 4.98 Å². The van der Waals surface area contributed by atoms with Gasteiger partial charge in [0.25, 0.3) is 0 Å². The van der Waals surface area contributed by atoms with Crippen LogP contribution < -0.4 is 4.90 Å². The standard InChI is InChI=1S/C20H23F3N4O2/c21-20(22,23)16-4-1-3-15-17(5-6-24-18(15)16)25-7-2-8-26(10-9-25)19(28)27-11-13-29-14-12-27/h1,3-6H,2,7-14H2. The van der Waals surface area contributed by atoms with E-state index in [0.717, 1.165) is 18.2 Å². The van der Waals surface area contributed by atoms with E-state index in [9.17, 15) is 18.0 Å². The SMILES string of the molecule is O=C(N1CCOCC1)N1CCCN(c2ccnc3c(C(F)(F)F)cccc23)CC1. The fourth-order valence-corrected chi connectivity index (χ4v) is 3.97. The van der Waals surface area contributed by atoms with Gasteiger partial charge in [-0.1, -0.05) is 12.1 Å². The van der Waals surface area contributed by atoms with E-state index < -0.39 is 11.7 Å². The van der Waals surface area contributed by atoms with E-state index in [0.29, 0.717) is 57.9 Å². The Balaban J connectivity index is 1.55. The molecule has 0 saturated carbocycles. The van der Waals surface area contributed by atoms with Crippen molar-refractivity contribution in [3.63, 3.8) is 0 Å². The highest BCUT2D eigenvalue weighted by Gasteiger charge is 2.33. The molecule has 0 atom stereocenters. The smallest absolute Gasteiger partial charge is 0.378 e. The molecule has 6 nitrogen and oxygen atoms in total. The number of fused-ring (bicyclic) bond motifs is 1. The Labute approximate surface area is 166 Å². The van der Waals surface area contributed by atoms with Crippen molar-refractivity contribution in [2.24, 2.45) is 0 Å². The molecule has 0 unspecified atom stereocenters. The van der Waals surface area contributed by atoms with Gasteiger partial charge in [-0.15, -0.1) is 0 Å². The number of rotatable bonds is 1. The number of alkyl halides is 3. The molecule has 4 rings (SSSR count). The number of anilines is 1. The van der Waals surface area contributed by atoms with Crippen molar-refractivity contribution >= 4 is 22.6 Å². The third-order valence-corrected chi connectivity index (χ3v) is 5.44. The summed E-state index contributed by atoms with van der Waals surface area (Å²) in [5, 5.41) is 0.482. The lowest BCUT2D eigenvalue weighted by molar-refractivity contribution is -0.136. The molecule has 3 heterocycles. The van der Waals surface area contributed by atoms with Crippen LogP contribution in [0.2, 0.25) is 0 Å². The summed E-state index contributed by atoms with van der Waals surface area (Å²) in [5.74, 6) is 0. The van der Waals surface area contributed by atoms with Crippen LogP contribution in [0.3, 0.4) is 0 Å². The first-order valence-electron chi connectivity index (χ1n) is 9.76. The Morgan fingerprint density at radius 3 is 2.48 bits per heavy atom. The minimum absolute atomic E-state index is 0.00842. The van der Waals surface area contributed by atoms with Gasteiger partial charge >= 0.3 is 12.2 Å². The molecule has 29 heavy (non-hydrogen) atoms. The van der Waals surface area contributed by atoms with Crippen LogP contribution in [0.4, 0.5) is 23.7 Å². The quantitative estimate of drug-likeness (QED) is 0.727. The summed E-state index contributed by atoms with van der Waals surface area (Å²) in [5.41, 5.74) is -0.0411. The molecule has 1 aromatic carbocycles. The minimum atomic E-state index is -4.45. The number of urea groups is 1. The van der Waals surface area contributed by atoms with Crippen molar-refractivity contribution in [3.8, 4) is 0 Å². The molecule has 2 saturated heterocycles. The molecule has 2 aromatic rings. The van der Waals surface area contributed by atoms with Gasteiger partial charge in [-0.25, -0.2) is 4.79 Å². The molecule has 2 fully saturated rings. The van der Waals surface area contributed by atoms with Gasteiger partial charge in [0.15, 0.2) is 0 Å². The van der Waals surface area contributed by atoms with Crippen molar-refractivity contribution in [2.45, 2.75) is 12.6 Å². The number of hydrogen-bond donors (Lipinski definition) is 0. The van der Waals surface area contributed by atoms with Crippen LogP contribution in [0, 0.1) is 0 Å². The van der Waals surface area contributed by atoms with Crippen LogP contribution in [-0.4, -0.2) is 73.3 Å². The van der Waals surface area contributed by atoms with Crippen LogP contribution in [0.5, 0.6) is 0 Å². The lowest BCUT2D eigenvalue weighted by Gasteiger charge is -2.32. The van der Waals surface area contributed by atoms with E-state index in [2.05, 4.69) is 9.88 Å². The largest absolute Gasteiger partial charge is 0.418 e. The number of benzene rings is 1. The Morgan fingerprint density at radius 1 is 0.966 bits per heavy atom. The molecule has 2 aliphatic rings. The molecule has 0 spiro atoms. The summed E-state index contributed by atoms with van der Waals surface area (Å²) < 4.78 is 45.4. The van der Waals surface area contributed by atoms with E-state index in [1.54, 1.807) is 17.0 Å². The number of halogens is 3. The Bertz CT molecular complexity index is 884. The highest BCUT2D eigenvalue weighted by molar-refractivity contribution is 5.93. The molecule has 9 heteroatoms. The van der Waals surface area contributed by atoms with Crippen molar-refractivity contribution in [3.05, 3.63) is 36.0 Å². The summed E-state index contributed by atoms with van der Waals surface area (Å²) >= 11 is 0. The van der Waals surface area contributed by atoms with Gasteiger partial charge in [-0.05, 0) is 18.6 Å². The number of amides is 2. The highest BCUT2D eigenvalue weighted by atomic mass is 19.4. The van der Waals surface area contributed by atoms with Crippen molar-refractivity contribution in [1.82, 2.24) is 14.8 Å². The Hall–Kier alpha value is -2.55. The fourth-order valence-electron chi connectivity index (χ4n) is 3.97. The van der Waals surface area contributed by atoms with Crippen LogP contribution in [0.25, 0.3) is 10.9 Å². The molecule has 0 aliphatic carbocycles. The first kappa shape index (κ1) is 19.8. The molecular formula is C20H23F3N4O2. The zero-order valence-corrected chi connectivity index (χ0v) is 16.0. The van der Waals surface area contributed by atoms with Gasteiger partial charge in [0.1, 0.15) is 0 Å². The van der Waals surface area contributed by atoms with E-state index in [1.165, 1.54) is 12.3 Å². The summed E-state index contributed by atoms with van der Waals surface area (Å²) in [6, 6.07) is 5.91. The maximum Gasteiger partial charge on any atom is 0.418 e. The Kier molecular flexibility index (Phi) is 5.49. The minimum Gasteiger partial charge on any atom is -0.378 e. The molecule has 0 N–H and O–H groups in total. The van der Waals surface area contributed by atoms with Crippen molar-refractivity contribution < 1.29 is 22.7 Å². The molecule has 156 valence electrons. The Morgan fingerprint density at radius 2 is 1.72 bits per heavy atom. The summed E-state index contributed by atoms with van der Waals surface area (Å²) in [7, 11) is 0. The molecular weight excluding hydrogens is 385 g/mol. The number of pyridine rings is 1. The number of nitrogens with zero attached hydrogens (tertiary/aromatic N) is 4. The number of carbonyl (C=O) groups excluding carboxylic acids is 1. The predicted octanol–water partition coefficient (Wildman–Crippen LogP) is 3.22. The summed E-state index contributed by atoms with van der Waals surface area (Å²) in [6.07, 6.45) is -2.28. The van der Waals surface area contributed by atoms with Gasteiger partial charge < -0.3 is 19.4 Å². The van der Waals surface area contributed by atoms with E-state index in [-0.39, 0.29) is 11.5 Å². The first-order chi connectivity index (χ1) is 13.9. The van der Waals surface area contributed by atoms with Crippen molar-refractivity contribution in [1.29, 1.82) is 0 Å². The number of aromatic nitrogens is 1. The lowest BCUT2D eigenvalue weighted by atomic mass is 10.1. The predicted molar refractivity (Wildman–Crippen MR) is 103 cm³/mol. The molecule has 0 radical (unpaired) electrons. The van der Waals surface area contributed by atoms with Crippen LogP contribution in [0.1, 0.15) is 12.0 Å². The maximum atomic E-state index is 13.4. The number of para-hydroxylation sites is 1. The maximum absolute atomic E-state index is 13.4. The summed E-state index contributed by atoms with van der Waals surface area (Å²) in [6.45, 7) is 4.67. The molecule has 1 aromatic heterocycles. The van der Waals surface area contributed by atoms with Gasteiger partial charge in [0, 0.05) is 56.5 Å². The third kappa shape index (κ3) is 4.10. The second-order valence-electron chi connectivity index (χ2n) is 7.24. The van der Waals surface area contributed by atoms with Crippen molar-refractivity contribution in [2.75, 3.05) is 57.4 Å². The molecule has 0 bridgehead atoms. The van der Waals surface area contributed by atoms with Gasteiger partial charge in [0.05, 0.1) is 24.3 Å². The number of ether oxygens (including phenoxy) is 1. The topological polar surface area (TPSA) is 48.9 Å². The summed E-state index contributed by atoms with van der Waals surface area (Å²) in [4.78, 5) is 22.4. The first-order valence-corrected chi connectivity index (χ1v) is 9.76. The lowest BCUT2D eigenvalue weighted by Crippen LogP contribution is -2.49.